The molecule has 0 saturated heterocycles. The zero-order valence-electron chi connectivity index (χ0n) is 14.1. The number of ether oxygens (including phenoxy) is 1. The van der Waals surface area contributed by atoms with E-state index in [0.29, 0.717) is 16.7 Å². The molecule has 1 saturated carbocycles. The predicted molar refractivity (Wildman–Crippen MR) is 101 cm³/mol. The number of aryl methyl sites for hydroxylation is 1. The minimum absolute atomic E-state index is 0.0974. The smallest absolute Gasteiger partial charge is 0.174 e. The van der Waals surface area contributed by atoms with Crippen molar-refractivity contribution in [2.75, 3.05) is 12.4 Å². The van der Waals surface area contributed by atoms with E-state index < -0.39 is 0 Å². The van der Waals surface area contributed by atoms with Crippen molar-refractivity contribution < 1.29 is 4.74 Å². The summed E-state index contributed by atoms with van der Waals surface area (Å²) in [6, 6.07) is 12.4. The fourth-order valence-electron chi connectivity index (χ4n) is 3.34. The second-order valence-electron chi connectivity index (χ2n) is 6.29. The zero-order chi connectivity index (χ0) is 17.0. The van der Waals surface area contributed by atoms with Gasteiger partial charge in [0.05, 0.1) is 12.6 Å². The van der Waals surface area contributed by atoms with Crippen molar-refractivity contribution >= 4 is 23.1 Å². The zero-order valence-corrected chi connectivity index (χ0v) is 15.0. The van der Waals surface area contributed by atoms with Crippen LogP contribution in [0.1, 0.15) is 36.8 Å². The quantitative estimate of drug-likeness (QED) is 0.818. The molecule has 0 bridgehead atoms. The van der Waals surface area contributed by atoms with E-state index in [9.17, 15) is 0 Å². The number of pyridine rings is 1. The van der Waals surface area contributed by atoms with Gasteiger partial charge < -0.3 is 15.4 Å². The van der Waals surface area contributed by atoms with E-state index in [0.717, 1.165) is 12.8 Å². The first-order valence-corrected chi connectivity index (χ1v) is 8.69. The molecule has 4 nitrogen and oxygen atoms in total. The number of nitrogens with one attached hydrogen (secondary N) is 2. The molecule has 24 heavy (non-hydrogen) atoms. The van der Waals surface area contributed by atoms with Gasteiger partial charge in [0.25, 0.3) is 0 Å². The van der Waals surface area contributed by atoms with Crippen molar-refractivity contribution in [2.24, 2.45) is 0 Å². The van der Waals surface area contributed by atoms with E-state index in [1.807, 2.05) is 12.1 Å². The number of anilines is 1. The van der Waals surface area contributed by atoms with Gasteiger partial charge in [-0.05, 0) is 49.7 Å². The average Bonchev–Trinajstić information content (AvgIpc) is 3.05. The van der Waals surface area contributed by atoms with Crippen LogP contribution in [-0.4, -0.2) is 17.2 Å². The summed E-state index contributed by atoms with van der Waals surface area (Å²) < 4.78 is 5.33. The Hall–Kier alpha value is -2.14. The number of aromatic nitrogens is 1. The van der Waals surface area contributed by atoms with Gasteiger partial charge >= 0.3 is 0 Å². The minimum atomic E-state index is -0.0974. The molecule has 2 aromatic rings. The maximum atomic E-state index is 5.56. The monoisotopic (exact) mass is 341 g/mol. The average molecular weight is 341 g/mol. The largest absolute Gasteiger partial charge is 0.493 e. The first kappa shape index (κ1) is 16.7. The van der Waals surface area contributed by atoms with Gasteiger partial charge in [-0.1, -0.05) is 42.7 Å². The van der Waals surface area contributed by atoms with E-state index in [4.69, 9.17) is 17.0 Å². The van der Waals surface area contributed by atoms with Gasteiger partial charge in [-0.3, -0.25) is 0 Å². The van der Waals surface area contributed by atoms with Crippen molar-refractivity contribution in [1.82, 2.24) is 10.3 Å². The van der Waals surface area contributed by atoms with Crippen LogP contribution in [0, 0.1) is 6.92 Å². The number of nitrogens with zero attached hydrogens (tertiary/aromatic N) is 1. The van der Waals surface area contributed by atoms with Crippen LogP contribution in [-0.2, 0) is 5.54 Å². The molecule has 0 radical (unpaired) electrons. The van der Waals surface area contributed by atoms with Crippen molar-refractivity contribution in [3.8, 4) is 5.75 Å². The molecule has 0 unspecified atom stereocenters. The van der Waals surface area contributed by atoms with Crippen LogP contribution in [0.15, 0.2) is 42.6 Å². The number of thiocarbonyl (C=S) groups is 1. The third-order valence-electron chi connectivity index (χ3n) is 4.64. The fourth-order valence-corrected chi connectivity index (χ4v) is 3.63. The van der Waals surface area contributed by atoms with E-state index >= 15 is 0 Å². The number of methoxy groups -OCH3 is 1. The van der Waals surface area contributed by atoms with Gasteiger partial charge in [0, 0.05) is 6.20 Å². The van der Waals surface area contributed by atoms with Gasteiger partial charge in [0.15, 0.2) is 16.7 Å². The maximum absolute atomic E-state index is 5.56. The lowest BCUT2D eigenvalue weighted by atomic mass is 9.88. The van der Waals surface area contributed by atoms with Crippen LogP contribution < -0.4 is 15.4 Å². The Balaban J connectivity index is 1.78. The molecule has 2 N–H and O–H groups in total. The number of hydrogen-bond acceptors (Lipinski definition) is 3. The van der Waals surface area contributed by atoms with Crippen molar-refractivity contribution in [1.29, 1.82) is 0 Å². The van der Waals surface area contributed by atoms with Gasteiger partial charge in [0.2, 0.25) is 0 Å². The highest BCUT2D eigenvalue weighted by Crippen LogP contribution is 2.39. The Morgan fingerprint density at radius 2 is 1.88 bits per heavy atom. The fraction of sp³-hybridized carbons (Fsp3) is 0.368. The molecule has 1 aliphatic carbocycles. The third-order valence-corrected chi connectivity index (χ3v) is 4.84. The van der Waals surface area contributed by atoms with E-state index in [1.165, 1.54) is 24.0 Å². The molecule has 0 spiro atoms. The lowest BCUT2D eigenvalue weighted by molar-refractivity contribution is 0.407. The standard InChI is InChI=1S/C19H23N3OS/c1-14-7-9-15(10-8-14)19(11-3-4-12-19)22-18(24)21-17-16(23-2)6-5-13-20-17/h5-10,13H,3-4,11-12H2,1-2H3,(H2,20,21,22,24). The molecule has 1 fully saturated rings. The summed E-state index contributed by atoms with van der Waals surface area (Å²) in [6.45, 7) is 2.11. The SMILES string of the molecule is COc1cccnc1NC(=S)NC1(c2ccc(C)cc2)CCCC1. The molecule has 1 aliphatic rings. The molecule has 0 amide bonds. The molecular weight excluding hydrogens is 318 g/mol. The lowest BCUT2D eigenvalue weighted by Gasteiger charge is -2.32. The predicted octanol–water partition coefficient (Wildman–Crippen LogP) is 4.15. The normalized spacial score (nSPS) is 15.8. The Labute approximate surface area is 148 Å². The van der Waals surface area contributed by atoms with Crippen LogP contribution in [0.25, 0.3) is 0 Å². The summed E-state index contributed by atoms with van der Waals surface area (Å²) in [7, 11) is 1.63. The lowest BCUT2D eigenvalue weighted by Crippen LogP contribution is -2.45. The molecule has 1 aromatic heterocycles. The van der Waals surface area contributed by atoms with Crippen LogP contribution >= 0.6 is 12.2 Å². The summed E-state index contributed by atoms with van der Waals surface area (Å²) in [6.07, 6.45) is 6.29. The topological polar surface area (TPSA) is 46.2 Å². The number of benzene rings is 1. The Morgan fingerprint density at radius 3 is 2.54 bits per heavy atom. The summed E-state index contributed by atoms with van der Waals surface area (Å²) in [4.78, 5) is 4.31. The van der Waals surface area contributed by atoms with Crippen molar-refractivity contribution in [2.45, 2.75) is 38.1 Å². The summed E-state index contributed by atoms with van der Waals surface area (Å²) in [5, 5.41) is 7.31. The van der Waals surface area contributed by atoms with Crippen LogP contribution in [0.3, 0.4) is 0 Å². The Morgan fingerprint density at radius 1 is 1.17 bits per heavy atom. The molecular formula is C19H23N3OS. The number of rotatable bonds is 4. The molecule has 0 atom stereocenters. The molecule has 5 heteroatoms. The Kier molecular flexibility index (Phi) is 5.00. The second kappa shape index (κ2) is 7.18. The van der Waals surface area contributed by atoms with Gasteiger partial charge in [-0.25, -0.2) is 4.98 Å². The molecule has 126 valence electrons. The molecule has 1 aromatic carbocycles. The highest BCUT2D eigenvalue weighted by atomic mass is 32.1. The van der Waals surface area contributed by atoms with Gasteiger partial charge in [0.1, 0.15) is 0 Å². The summed E-state index contributed by atoms with van der Waals surface area (Å²) in [5.41, 5.74) is 2.47. The highest BCUT2D eigenvalue weighted by Gasteiger charge is 2.36. The van der Waals surface area contributed by atoms with Crippen LogP contribution in [0.4, 0.5) is 5.82 Å². The maximum Gasteiger partial charge on any atom is 0.174 e. The first-order valence-electron chi connectivity index (χ1n) is 8.28. The molecule has 0 aliphatic heterocycles. The van der Waals surface area contributed by atoms with E-state index in [-0.39, 0.29) is 5.54 Å². The molecule has 3 rings (SSSR count). The van der Waals surface area contributed by atoms with Gasteiger partial charge in [-0.2, -0.15) is 0 Å². The van der Waals surface area contributed by atoms with Gasteiger partial charge in [-0.15, -0.1) is 0 Å². The second-order valence-corrected chi connectivity index (χ2v) is 6.70. The summed E-state index contributed by atoms with van der Waals surface area (Å²) in [5.74, 6) is 1.31. The van der Waals surface area contributed by atoms with E-state index in [2.05, 4.69) is 46.8 Å². The minimum Gasteiger partial charge on any atom is -0.493 e. The van der Waals surface area contributed by atoms with Crippen LogP contribution in [0.5, 0.6) is 5.75 Å². The van der Waals surface area contributed by atoms with Crippen molar-refractivity contribution in [3.05, 3.63) is 53.7 Å². The number of hydrogen-bond donors (Lipinski definition) is 2. The molecule has 1 heterocycles. The van der Waals surface area contributed by atoms with Crippen molar-refractivity contribution in [3.63, 3.8) is 0 Å². The van der Waals surface area contributed by atoms with Crippen LogP contribution in [0.2, 0.25) is 0 Å². The Bertz CT molecular complexity index is 709. The highest BCUT2D eigenvalue weighted by molar-refractivity contribution is 7.80. The first-order chi connectivity index (χ1) is 11.6. The third kappa shape index (κ3) is 3.51. The summed E-state index contributed by atoms with van der Waals surface area (Å²) >= 11 is 5.56. The van der Waals surface area contributed by atoms with E-state index in [1.54, 1.807) is 13.3 Å².